The number of methoxy groups -OCH3 is 1. The van der Waals surface area contributed by atoms with E-state index in [1.807, 2.05) is 39.0 Å². The standard InChI is InChI=1S/C33H34N4O4.Mg/c1-9-18-16(5)21-11-20-14(3)15(4)29(36-20)27-28(32(39)41-8)31(38)26-17(6)22(37-30(26)27)12-24-19(10-2)33(7,40)25(35-24)13-23(18)34-21;/h9,11-15,28-29,40H,1,10H2,2-8H3;/q-4;+2/b20-11-,22-12-,25-13-;/t14-,15-,28+,29?,33-;/m0./s1. The van der Waals surface area contributed by atoms with Gasteiger partial charge in [0.2, 0.25) is 0 Å². The van der Waals surface area contributed by atoms with Gasteiger partial charge in [-0.2, -0.15) is 5.70 Å². The van der Waals surface area contributed by atoms with Crippen LogP contribution in [-0.2, 0) is 9.53 Å². The molecule has 2 aromatic heterocycles. The summed E-state index contributed by atoms with van der Waals surface area (Å²) in [6.07, 6.45) is 7.98. The number of Topliss-reactive ketones (excluding diaryl/α,β-unsaturated/α-hetero) is 1. The molecule has 8 nitrogen and oxygen atoms in total. The second kappa shape index (κ2) is 10.5. The van der Waals surface area contributed by atoms with Gasteiger partial charge in [-0.1, -0.05) is 80.0 Å². The number of allylic oxidation sites excluding steroid dienone is 2. The number of ketones is 1. The molecule has 214 valence electrons. The molecule has 4 aliphatic rings. The van der Waals surface area contributed by atoms with Crippen LogP contribution in [-0.4, -0.2) is 58.7 Å². The molecule has 8 bridgehead atoms. The first-order valence-electron chi connectivity index (χ1n) is 14.1. The maximum Gasteiger partial charge on any atom is 2.00 e. The third-order valence-electron chi connectivity index (χ3n) is 9.45. The van der Waals surface area contributed by atoms with E-state index < -0.39 is 23.5 Å². The van der Waals surface area contributed by atoms with Gasteiger partial charge in [0.05, 0.1) is 12.7 Å². The Hall–Kier alpha value is -3.27. The van der Waals surface area contributed by atoms with Crippen LogP contribution in [0.3, 0.4) is 0 Å². The van der Waals surface area contributed by atoms with E-state index in [2.05, 4.69) is 20.4 Å². The SMILES string of the molecule is C=Cc1c2[n-]c(c1C)/C=C1\[N-]C(C3=c4[n-]/c(c(C)c4C(=O)[C@@H]3C(=O)OC)=C\C3=C(CC)[C@](C)(O)/C(=C/2)[N-]3)[C@@H](C)[C@@H]1C.[Mg+2]. The molecule has 2 aromatic rings. The molecule has 1 aliphatic carbocycles. The van der Waals surface area contributed by atoms with Crippen molar-refractivity contribution in [2.75, 3.05) is 7.11 Å². The number of carbonyl (C=O) groups excluding carboxylic acids is 2. The van der Waals surface area contributed by atoms with Gasteiger partial charge < -0.3 is 30.4 Å². The van der Waals surface area contributed by atoms with Gasteiger partial charge in [0.1, 0.15) is 5.92 Å². The molecule has 0 saturated carbocycles. The van der Waals surface area contributed by atoms with Crippen LogP contribution >= 0.6 is 0 Å². The summed E-state index contributed by atoms with van der Waals surface area (Å²) in [5.41, 5.74) is 6.32. The van der Waals surface area contributed by atoms with E-state index in [0.29, 0.717) is 50.9 Å². The number of fused-ring (bicyclic) bond motifs is 8. The summed E-state index contributed by atoms with van der Waals surface area (Å²) in [4.78, 5) is 36.7. The van der Waals surface area contributed by atoms with Crippen LogP contribution < -0.4 is 20.7 Å². The Balaban J connectivity index is 0.00000353. The second-order valence-corrected chi connectivity index (χ2v) is 11.6. The second-order valence-electron chi connectivity index (χ2n) is 11.6. The van der Waals surface area contributed by atoms with E-state index in [9.17, 15) is 14.7 Å². The third kappa shape index (κ3) is 4.12. The minimum absolute atomic E-state index is 0. The Morgan fingerprint density at radius 3 is 2.50 bits per heavy atom. The van der Waals surface area contributed by atoms with Crippen molar-refractivity contribution in [3.63, 3.8) is 0 Å². The van der Waals surface area contributed by atoms with Gasteiger partial charge in [0.15, 0.2) is 5.78 Å². The smallest absolute Gasteiger partial charge is 0.681 e. The van der Waals surface area contributed by atoms with Crippen LogP contribution in [0.15, 0.2) is 29.2 Å². The van der Waals surface area contributed by atoms with Crippen molar-refractivity contribution in [2.24, 2.45) is 17.8 Å². The Kier molecular flexibility index (Phi) is 7.52. The van der Waals surface area contributed by atoms with Gasteiger partial charge in [-0.3, -0.25) is 9.59 Å². The van der Waals surface area contributed by atoms with Gasteiger partial charge in [-0.15, -0.1) is 33.5 Å². The molecule has 0 radical (unpaired) electrons. The zero-order valence-corrected chi connectivity index (χ0v) is 26.6. The number of nitrogens with zero attached hydrogens (tertiary/aromatic N) is 4. The fourth-order valence-electron chi connectivity index (χ4n) is 6.80. The monoisotopic (exact) mass is 574 g/mol. The molecular weight excluding hydrogens is 541 g/mol. The van der Waals surface area contributed by atoms with Gasteiger partial charge in [-0.25, -0.2) is 0 Å². The van der Waals surface area contributed by atoms with Crippen molar-refractivity contribution >= 4 is 64.7 Å². The largest absolute Gasteiger partial charge is 2.00 e. The Morgan fingerprint density at radius 1 is 1.14 bits per heavy atom. The number of aliphatic hydroxyl groups is 1. The molecule has 42 heavy (non-hydrogen) atoms. The van der Waals surface area contributed by atoms with Crippen molar-refractivity contribution in [1.82, 2.24) is 9.97 Å². The van der Waals surface area contributed by atoms with Crippen LogP contribution in [0, 0.1) is 31.6 Å². The molecule has 5 atom stereocenters. The van der Waals surface area contributed by atoms with E-state index >= 15 is 0 Å². The number of carbonyl (C=O) groups is 2. The average molecular weight is 575 g/mol. The first-order chi connectivity index (χ1) is 19.4. The minimum Gasteiger partial charge on any atom is -0.681 e. The maximum atomic E-state index is 13.8. The van der Waals surface area contributed by atoms with Crippen LogP contribution in [0.4, 0.5) is 0 Å². The van der Waals surface area contributed by atoms with Gasteiger partial charge in [0, 0.05) is 5.56 Å². The minimum atomic E-state index is -1.32. The topological polar surface area (TPSA) is 120 Å². The summed E-state index contributed by atoms with van der Waals surface area (Å²) < 4.78 is 5.11. The number of hydrogen-bond acceptors (Lipinski definition) is 4. The number of rotatable bonds is 3. The van der Waals surface area contributed by atoms with E-state index in [-0.39, 0.29) is 40.7 Å². The number of esters is 1. The molecule has 0 spiro atoms. The zero-order chi connectivity index (χ0) is 29.5. The van der Waals surface area contributed by atoms with Crippen LogP contribution in [0.5, 0.6) is 0 Å². The van der Waals surface area contributed by atoms with Gasteiger partial charge in [-0.05, 0) is 44.6 Å². The van der Waals surface area contributed by atoms with Crippen molar-refractivity contribution in [2.45, 2.75) is 59.6 Å². The fourth-order valence-corrected chi connectivity index (χ4v) is 6.80. The summed E-state index contributed by atoms with van der Waals surface area (Å²) in [7, 11) is 1.30. The Bertz CT molecular complexity index is 1770. The molecular formula is C33H34MgN4O4-2. The molecule has 1 fully saturated rings. The van der Waals surface area contributed by atoms with Gasteiger partial charge >= 0.3 is 29.0 Å². The first kappa shape index (κ1) is 30.2. The van der Waals surface area contributed by atoms with Gasteiger partial charge in [0.25, 0.3) is 0 Å². The predicted molar refractivity (Wildman–Crippen MR) is 165 cm³/mol. The molecule has 5 heterocycles. The summed E-state index contributed by atoms with van der Waals surface area (Å²) in [5.74, 6) is -1.95. The van der Waals surface area contributed by atoms with E-state index in [1.165, 1.54) is 7.11 Å². The average Bonchev–Trinajstić information content (AvgIpc) is 3.64. The zero-order valence-electron chi connectivity index (χ0n) is 25.2. The predicted octanol–water partition coefficient (Wildman–Crippen LogP) is 3.62. The van der Waals surface area contributed by atoms with E-state index in [4.69, 9.17) is 25.3 Å². The first-order valence-corrected chi connectivity index (χ1v) is 14.1. The van der Waals surface area contributed by atoms with Crippen molar-refractivity contribution in [1.29, 1.82) is 0 Å². The van der Waals surface area contributed by atoms with E-state index in [1.54, 1.807) is 13.0 Å². The quantitative estimate of drug-likeness (QED) is 0.340. The van der Waals surface area contributed by atoms with Crippen molar-refractivity contribution in [3.8, 4) is 0 Å². The summed E-state index contributed by atoms with van der Waals surface area (Å²) in [5, 5.41) is 22.7. The number of hydrogen-bond donors (Lipinski definition) is 1. The maximum absolute atomic E-state index is 13.8. The third-order valence-corrected chi connectivity index (χ3v) is 9.45. The van der Waals surface area contributed by atoms with Crippen molar-refractivity contribution in [3.05, 3.63) is 84.2 Å². The fraction of sp³-hybridized carbons (Fsp3) is 0.394. The normalized spacial score (nSPS) is 30.8. The molecule has 9 heteroatoms. The van der Waals surface area contributed by atoms with Crippen LogP contribution in [0.25, 0.3) is 40.5 Å². The summed E-state index contributed by atoms with van der Waals surface area (Å²) in [6.45, 7) is 15.8. The van der Waals surface area contributed by atoms with Crippen LogP contribution in [0.1, 0.15) is 72.6 Å². The molecule has 1 N–H and O–H groups in total. The Labute approximate surface area is 261 Å². The molecule has 0 amide bonds. The molecule has 3 aliphatic heterocycles. The molecule has 6 rings (SSSR count). The van der Waals surface area contributed by atoms with Crippen LogP contribution in [0.2, 0.25) is 0 Å². The number of ether oxygens (including phenoxy) is 1. The molecule has 1 saturated heterocycles. The molecule has 1 unspecified atom stereocenters. The molecule has 0 aromatic carbocycles. The Morgan fingerprint density at radius 2 is 1.86 bits per heavy atom. The summed E-state index contributed by atoms with van der Waals surface area (Å²) in [6, 6.07) is -0.428. The van der Waals surface area contributed by atoms with E-state index in [0.717, 1.165) is 28.1 Å². The number of aromatic nitrogens is 2. The van der Waals surface area contributed by atoms with Crippen molar-refractivity contribution < 1.29 is 19.4 Å². The summed E-state index contributed by atoms with van der Waals surface area (Å²) >= 11 is 0.